The summed E-state index contributed by atoms with van der Waals surface area (Å²) in [7, 11) is -3.88. The second kappa shape index (κ2) is 14.0. The van der Waals surface area contributed by atoms with Crippen LogP contribution in [0.25, 0.3) is 0 Å². The van der Waals surface area contributed by atoms with Crippen LogP contribution in [0.3, 0.4) is 0 Å². The molecule has 0 unspecified atom stereocenters. The molecule has 0 bridgehead atoms. The summed E-state index contributed by atoms with van der Waals surface area (Å²) in [6.07, 6.45) is 6.49. The van der Waals surface area contributed by atoms with E-state index in [-0.39, 0.29) is 6.61 Å². The maximum atomic E-state index is 6.18. The second-order valence-corrected chi connectivity index (χ2v) is 9.52. The van der Waals surface area contributed by atoms with Crippen LogP contribution in [0.1, 0.15) is 5.56 Å². The summed E-state index contributed by atoms with van der Waals surface area (Å²) in [5.74, 6) is 1.91. The van der Waals surface area contributed by atoms with Crippen molar-refractivity contribution in [1.29, 1.82) is 0 Å². The Hall–Kier alpha value is -4.36. The zero-order valence-electron chi connectivity index (χ0n) is 20.4. The van der Waals surface area contributed by atoms with Crippen LogP contribution < -0.4 is 22.6 Å². The lowest BCUT2D eigenvalue weighted by Crippen LogP contribution is -2.06. The van der Waals surface area contributed by atoms with Gasteiger partial charge in [0.25, 0.3) is 0 Å². The lowest BCUT2D eigenvalue weighted by molar-refractivity contribution is 0.249. The van der Waals surface area contributed by atoms with Crippen molar-refractivity contribution in [2.75, 3.05) is 0 Å². The molecule has 0 fully saturated rings. The second-order valence-electron chi connectivity index (χ2n) is 7.46. The summed E-state index contributed by atoms with van der Waals surface area (Å²) < 4.78 is 35.9. The van der Waals surface area contributed by atoms with Crippen LogP contribution in [0.2, 0.25) is 0 Å². The monoisotopic (exact) mass is 560 g/mol. The van der Waals surface area contributed by atoms with Crippen molar-refractivity contribution in [2.24, 2.45) is 0 Å². The Balaban J connectivity index is 1.32. The van der Waals surface area contributed by atoms with Crippen LogP contribution >= 0.6 is 17.2 Å². The Labute approximate surface area is 227 Å². The maximum Gasteiger partial charge on any atom is 0.532 e. The molecule has 0 amide bonds. The summed E-state index contributed by atoms with van der Waals surface area (Å²) in [6.45, 7) is 0.0951. The van der Waals surface area contributed by atoms with E-state index in [4.69, 9.17) is 27.1 Å². The van der Waals surface area contributed by atoms with Gasteiger partial charge < -0.3 is 22.6 Å². The van der Waals surface area contributed by atoms with Gasteiger partial charge in [-0.2, -0.15) is 0 Å². The predicted octanol–water partition coefficient (Wildman–Crippen LogP) is 6.93. The number of rotatable bonds is 13. The third kappa shape index (κ3) is 8.32. The van der Waals surface area contributed by atoms with Gasteiger partial charge in [-0.15, -0.1) is 0 Å². The minimum atomic E-state index is -1.97. The molecule has 0 aliphatic carbocycles. The first-order chi connectivity index (χ1) is 19.3. The van der Waals surface area contributed by atoms with Crippen LogP contribution in [0.5, 0.6) is 29.3 Å². The zero-order valence-corrected chi connectivity index (χ0v) is 22.2. The Morgan fingerprint density at radius 2 is 0.846 bits per heavy atom. The van der Waals surface area contributed by atoms with E-state index in [2.05, 4.69) is 19.9 Å². The number of para-hydroxylation sites is 1. The van der Waals surface area contributed by atoms with Crippen molar-refractivity contribution >= 4 is 17.2 Å². The van der Waals surface area contributed by atoms with E-state index in [0.29, 0.717) is 34.8 Å². The van der Waals surface area contributed by atoms with E-state index < -0.39 is 17.2 Å². The third-order valence-corrected chi connectivity index (χ3v) is 6.72. The molecule has 0 atom stereocenters. The summed E-state index contributed by atoms with van der Waals surface area (Å²) in [4.78, 5) is 16.8. The molecule has 39 heavy (non-hydrogen) atoms. The van der Waals surface area contributed by atoms with E-state index in [9.17, 15) is 0 Å². The Morgan fingerprint density at radius 3 is 1.28 bits per heavy atom. The largest absolute Gasteiger partial charge is 0.532 e. The molecule has 5 rings (SSSR count). The minimum Gasteiger partial charge on any atom is -0.408 e. The summed E-state index contributed by atoms with van der Waals surface area (Å²) in [5.41, 5.74) is 0.709. The van der Waals surface area contributed by atoms with Gasteiger partial charge in [0.05, 0.1) is 6.61 Å². The average molecular weight is 560 g/mol. The van der Waals surface area contributed by atoms with Crippen LogP contribution in [0.15, 0.2) is 122 Å². The normalized spacial score (nSPS) is 10.7. The molecule has 10 nitrogen and oxygen atoms in total. The fraction of sp³-hybridized carbons (Fsp3) is 0.0370. The highest BCUT2D eigenvalue weighted by molar-refractivity contribution is 7.43. The molecular weight excluding hydrogens is 538 g/mol. The third-order valence-electron chi connectivity index (χ3n) is 4.69. The molecule has 4 aromatic heterocycles. The summed E-state index contributed by atoms with van der Waals surface area (Å²) in [5, 5.41) is 0. The average Bonchev–Trinajstić information content (AvgIpc) is 2.99. The predicted molar refractivity (Wildman–Crippen MR) is 145 cm³/mol. The number of aromatic nitrogens is 4. The first kappa shape index (κ1) is 26.3. The minimum absolute atomic E-state index is 0.0951. The zero-order chi connectivity index (χ0) is 26.5. The van der Waals surface area contributed by atoms with Crippen molar-refractivity contribution in [3.8, 4) is 29.3 Å². The van der Waals surface area contributed by atoms with Crippen LogP contribution in [0, 0.1) is 0 Å². The maximum absolute atomic E-state index is 6.18. The molecule has 12 heteroatoms. The first-order valence-electron chi connectivity index (χ1n) is 11.7. The van der Waals surface area contributed by atoms with Crippen molar-refractivity contribution in [1.82, 2.24) is 19.9 Å². The highest BCUT2D eigenvalue weighted by Crippen LogP contribution is 2.44. The Bertz CT molecular complexity index is 1330. The van der Waals surface area contributed by atoms with Gasteiger partial charge in [-0.05, 0) is 30.3 Å². The highest BCUT2D eigenvalue weighted by atomic mass is 31.2. The number of nitrogens with zero attached hydrogens (tertiary/aromatic N) is 4. The van der Waals surface area contributed by atoms with Crippen LogP contribution in [0.4, 0.5) is 0 Å². The number of hydrogen-bond acceptors (Lipinski definition) is 10. The standard InChI is InChI=1S/C27H22N4O6P2/c1-2-12-23(33-39(36-26-15-5-9-19-30-26)37-27-16-6-10-20-31-27)22(11-1)21-32-38(34-24-13-3-7-17-28-24)35-25-14-4-8-18-29-25/h1-20H,21H2. The molecule has 0 aliphatic rings. The smallest absolute Gasteiger partial charge is 0.408 e. The van der Waals surface area contributed by atoms with Gasteiger partial charge in [-0.1, -0.05) is 42.5 Å². The van der Waals surface area contributed by atoms with E-state index in [0.717, 1.165) is 0 Å². The molecule has 0 radical (unpaired) electrons. The molecule has 1 aromatic carbocycles. The molecule has 5 aromatic rings. The topological polar surface area (TPSA) is 107 Å². The molecular formula is C27H22N4O6P2. The van der Waals surface area contributed by atoms with Crippen LogP contribution in [-0.4, -0.2) is 19.9 Å². The quantitative estimate of drug-likeness (QED) is 0.141. The molecule has 0 aliphatic heterocycles. The van der Waals surface area contributed by atoms with Gasteiger partial charge in [0.1, 0.15) is 5.75 Å². The van der Waals surface area contributed by atoms with E-state index in [1.54, 1.807) is 79.4 Å². The molecule has 4 heterocycles. The molecule has 0 spiro atoms. The van der Waals surface area contributed by atoms with Crippen molar-refractivity contribution in [3.05, 3.63) is 127 Å². The van der Waals surface area contributed by atoms with Crippen LogP contribution in [-0.2, 0) is 11.1 Å². The van der Waals surface area contributed by atoms with E-state index in [1.165, 1.54) is 0 Å². The molecule has 0 saturated carbocycles. The molecule has 0 saturated heterocycles. The number of benzene rings is 1. The number of hydrogen-bond donors (Lipinski definition) is 0. The number of pyridine rings is 4. The molecule has 196 valence electrons. The SMILES string of the molecule is c1ccc(OP(OCc2ccccc2OP(Oc2ccccn2)Oc2ccccn2)Oc2ccccn2)nc1. The highest BCUT2D eigenvalue weighted by Gasteiger charge is 2.24. The lowest BCUT2D eigenvalue weighted by atomic mass is 10.2. The van der Waals surface area contributed by atoms with Crippen molar-refractivity contribution in [3.63, 3.8) is 0 Å². The molecule has 0 N–H and O–H groups in total. The Morgan fingerprint density at radius 1 is 0.436 bits per heavy atom. The van der Waals surface area contributed by atoms with E-state index in [1.807, 2.05) is 42.5 Å². The van der Waals surface area contributed by atoms with Gasteiger partial charge in [0, 0.05) is 54.6 Å². The van der Waals surface area contributed by atoms with E-state index >= 15 is 0 Å². The van der Waals surface area contributed by atoms with Gasteiger partial charge in [0.2, 0.25) is 23.5 Å². The lowest BCUT2D eigenvalue weighted by Gasteiger charge is -2.19. The Kier molecular flexibility index (Phi) is 9.41. The van der Waals surface area contributed by atoms with Gasteiger partial charge in [0.15, 0.2) is 0 Å². The van der Waals surface area contributed by atoms with Crippen molar-refractivity contribution in [2.45, 2.75) is 6.61 Å². The first-order valence-corrected chi connectivity index (χ1v) is 13.9. The van der Waals surface area contributed by atoms with Gasteiger partial charge in [-0.3, -0.25) is 4.52 Å². The van der Waals surface area contributed by atoms with Gasteiger partial charge >= 0.3 is 17.2 Å². The van der Waals surface area contributed by atoms with Gasteiger partial charge in [-0.25, -0.2) is 19.9 Å². The summed E-state index contributed by atoms with van der Waals surface area (Å²) in [6, 6.07) is 28.6. The van der Waals surface area contributed by atoms with Crippen molar-refractivity contribution < 1.29 is 27.1 Å². The fourth-order valence-electron chi connectivity index (χ4n) is 2.95. The summed E-state index contributed by atoms with van der Waals surface area (Å²) >= 11 is 0. The fourth-order valence-corrected chi connectivity index (χ4v) is 4.83.